The number of aromatic nitrogens is 3. The number of benzene rings is 2. The van der Waals surface area contributed by atoms with E-state index in [4.69, 9.17) is 5.73 Å². The third-order valence-electron chi connectivity index (χ3n) is 3.64. The lowest BCUT2D eigenvalue weighted by atomic mass is 10.0. The molecule has 2 aromatic carbocycles. The first-order valence-corrected chi connectivity index (χ1v) is 8.35. The van der Waals surface area contributed by atoms with Crippen LogP contribution < -0.4 is 16.4 Å². The van der Waals surface area contributed by atoms with Gasteiger partial charge < -0.3 is 16.4 Å². The zero-order valence-electron chi connectivity index (χ0n) is 14.4. The number of hydrogen-bond acceptors (Lipinski definition) is 7. The van der Waals surface area contributed by atoms with E-state index in [9.17, 15) is 4.79 Å². The Morgan fingerprint density at radius 1 is 0.923 bits per heavy atom. The lowest BCUT2D eigenvalue weighted by Crippen LogP contribution is -2.11. The third kappa shape index (κ3) is 4.20. The minimum atomic E-state index is -0.0165. The van der Waals surface area contributed by atoms with E-state index in [0.717, 1.165) is 5.69 Å². The summed E-state index contributed by atoms with van der Waals surface area (Å²) in [4.78, 5) is 25.2. The second-order valence-corrected chi connectivity index (χ2v) is 5.53. The maximum atomic E-state index is 12.4. The smallest absolute Gasteiger partial charge is 0.232 e. The number of nitrogens with two attached hydrogens (primary N) is 1. The zero-order chi connectivity index (χ0) is 18.4. The number of hydrogen-bond donors (Lipinski definition) is 3. The van der Waals surface area contributed by atoms with Crippen molar-refractivity contribution in [2.45, 2.75) is 13.5 Å². The topological polar surface area (TPSA) is 106 Å². The van der Waals surface area contributed by atoms with E-state index in [0.29, 0.717) is 35.4 Å². The van der Waals surface area contributed by atoms with Crippen LogP contribution in [0.5, 0.6) is 0 Å². The molecule has 0 aliphatic heterocycles. The van der Waals surface area contributed by atoms with Crippen molar-refractivity contribution >= 4 is 23.4 Å². The van der Waals surface area contributed by atoms with Crippen LogP contribution in [0.3, 0.4) is 0 Å². The summed E-state index contributed by atoms with van der Waals surface area (Å²) < 4.78 is 0. The number of nitrogens with one attached hydrogen (secondary N) is 2. The Morgan fingerprint density at radius 3 is 2.23 bits per heavy atom. The number of nitrogens with zero attached hydrogens (tertiary/aromatic N) is 3. The second kappa shape index (κ2) is 8.17. The normalized spacial score (nSPS) is 10.4. The van der Waals surface area contributed by atoms with Gasteiger partial charge in [-0.3, -0.25) is 4.79 Å². The largest absolute Gasteiger partial charge is 0.354 e. The van der Waals surface area contributed by atoms with Crippen molar-refractivity contribution in [1.29, 1.82) is 0 Å². The van der Waals surface area contributed by atoms with Gasteiger partial charge in [-0.05, 0) is 31.2 Å². The van der Waals surface area contributed by atoms with Gasteiger partial charge in [0.1, 0.15) is 5.82 Å². The first-order chi connectivity index (χ1) is 12.7. The highest BCUT2D eigenvalue weighted by atomic mass is 16.1. The molecule has 26 heavy (non-hydrogen) atoms. The standard InChI is InChI=1S/C19H20N6O/c1-2-21-18-23-16(12-20)24-19(25-18)22-15-10-8-14(9-11-15)17(26)13-6-4-3-5-7-13/h3-11H,2,12,20H2,1H3,(H2,21,22,23,24,25). The molecule has 0 atom stereocenters. The Hall–Kier alpha value is -3.32. The summed E-state index contributed by atoms with van der Waals surface area (Å²) in [5, 5.41) is 6.16. The molecule has 1 heterocycles. The summed E-state index contributed by atoms with van der Waals surface area (Å²) in [5.41, 5.74) is 7.69. The Labute approximate surface area is 151 Å². The number of anilines is 3. The number of carbonyl (C=O) groups is 1. The fourth-order valence-electron chi connectivity index (χ4n) is 2.39. The molecule has 0 radical (unpaired) electrons. The summed E-state index contributed by atoms with van der Waals surface area (Å²) in [6.07, 6.45) is 0. The first kappa shape index (κ1) is 17.5. The molecule has 7 nitrogen and oxygen atoms in total. The predicted molar refractivity (Wildman–Crippen MR) is 101 cm³/mol. The fraction of sp³-hybridized carbons (Fsp3) is 0.158. The molecule has 0 amide bonds. The van der Waals surface area contributed by atoms with Crippen molar-refractivity contribution < 1.29 is 4.79 Å². The van der Waals surface area contributed by atoms with E-state index in [1.807, 2.05) is 37.3 Å². The molecule has 0 aliphatic carbocycles. The minimum Gasteiger partial charge on any atom is -0.354 e. The first-order valence-electron chi connectivity index (χ1n) is 8.35. The summed E-state index contributed by atoms with van der Waals surface area (Å²) in [6, 6.07) is 16.4. The van der Waals surface area contributed by atoms with Gasteiger partial charge in [0.05, 0.1) is 6.54 Å². The molecule has 0 aliphatic rings. The molecule has 132 valence electrons. The molecule has 4 N–H and O–H groups in total. The highest BCUT2D eigenvalue weighted by Crippen LogP contribution is 2.17. The lowest BCUT2D eigenvalue weighted by Gasteiger charge is -2.09. The van der Waals surface area contributed by atoms with Gasteiger partial charge in [-0.25, -0.2) is 0 Å². The van der Waals surface area contributed by atoms with Crippen LogP contribution in [0.25, 0.3) is 0 Å². The van der Waals surface area contributed by atoms with E-state index in [2.05, 4.69) is 25.6 Å². The Bertz CT molecular complexity index is 880. The molecule has 0 unspecified atom stereocenters. The molecule has 3 rings (SSSR count). The maximum absolute atomic E-state index is 12.4. The van der Waals surface area contributed by atoms with Crippen LogP contribution in [0.2, 0.25) is 0 Å². The molecule has 7 heteroatoms. The monoisotopic (exact) mass is 348 g/mol. The minimum absolute atomic E-state index is 0.0165. The average molecular weight is 348 g/mol. The van der Waals surface area contributed by atoms with Crippen LogP contribution >= 0.6 is 0 Å². The number of rotatable bonds is 7. The molecule has 1 aromatic heterocycles. The average Bonchev–Trinajstić information content (AvgIpc) is 2.69. The van der Waals surface area contributed by atoms with Crippen LogP contribution in [0.15, 0.2) is 54.6 Å². The van der Waals surface area contributed by atoms with Crippen LogP contribution in [-0.2, 0) is 6.54 Å². The van der Waals surface area contributed by atoms with E-state index in [1.165, 1.54) is 0 Å². The fourth-order valence-corrected chi connectivity index (χ4v) is 2.39. The van der Waals surface area contributed by atoms with Gasteiger partial charge in [-0.1, -0.05) is 30.3 Å². The van der Waals surface area contributed by atoms with Crippen molar-refractivity contribution in [2.24, 2.45) is 5.73 Å². The van der Waals surface area contributed by atoms with Gasteiger partial charge in [0.15, 0.2) is 5.78 Å². The van der Waals surface area contributed by atoms with Gasteiger partial charge in [-0.2, -0.15) is 15.0 Å². The molecular weight excluding hydrogens is 328 g/mol. The molecule has 0 saturated heterocycles. The second-order valence-electron chi connectivity index (χ2n) is 5.53. The Morgan fingerprint density at radius 2 is 1.58 bits per heavy atom. The van der Waals surface area contributed by atoms with Crippen molar-refractivity contribution in [1.82, 2.24) is 15.0 Å². The van der Waals surface area contributed by atoms with Crippen LogP contribution in [0.4, 0.5) is 17.6 Å². The SMILES string of the molecule is CCNc1nc(CN)nc(Nc2ccc(C(=O)c3ccccc3)cc2)n1. The summed E-state index contributed by atoms with van der Waals surface area (Å²) >= 11 is 0. The van der Waals surface area contributed by atoms with Crippen molar-refractivity contribution in [3.63, 3.8) is 0 Å². The van der Waals surface area contributed by atoms with Gasteiger partial charge in [-0.15, -0.1) is 0 Å². The van der Waals surface area contributed by atoms with Crippen molar-refractivity contribution in [3.05, 3.63) is 71.5 Å². The quantitative estimate of drug-likeness (QED) is 0.564. The van der Waals surface area contributed by atoms with Gasteiger partial charge in [0, 0.05) is 23.4 Å². The van der Waals surface area contributed by atoms with Gasteiger partial charge in [0.2, 0.25) is 11.9 Å². The predicted octanol–water partition coefficient (Wildman–Crippen LogP) is 2.74. The number of ketones is 1. The molecule has 0 saturated carbocycles. The van der Waals surface area contributed by atoms with Gasteiger partial charge in [0.25, 0.3) is 0 Å². The van der Waals surface area contributed by atoms with Crippen molar-refractivity contribution in [3.8, 4) is 0 Å². The molecular formula is C19H20N6O. The van der Waals surface area contributed by atoms with E-state index in [1.54, 1.807) is 24.3 Å². The maximum Gasteiger partial charge on any atom is 0.232 e. The van der Waals surface area contributed by atoms with E-state index >= 15 is 0 Å². The summed E-state index contributed by atoms with van der Waals surface area (Å²) in [7, 11) is 0. The van der Waals surface area contributed by atoms with Crippen LogP contribution in [0, 0.1) is 0 Å². The van der Waals surface area contributed by atoms with Crippen LogP contribution in [0.1, 0.15) is 28.7 Å². The third-order valence-corrected chi connectivity index (χ3v) is 3.64. The van der Waals surface area contributed by atoms with Crippen molar-refractivity contribution in [2.75, 3.05) is 17.2 Å². The van der Waals surface area contributed by atoms with E-state index in [-0.39, 0.29) is 12.3 Å². The van der Waals surface area contributed by atoms with Crippen LogP contribution in [-0.4, -0.2) is 27.3 Å². The zero-order valence-corrected chi connectivity index (χ0v) is 14.4. The van der Waals surface area contributed by atoms with Gasteiger partial charge >= 0.3 is 0 Å². The van der Waals surface area contributed by atoms with E-state index < -0.39 is 0 Å². The molecule has 0 bridgehead atoms. The Balaban J connectivity index is 1.77. The lowest BCUT2D eigenvalue weighted by molar-refractivity contribution is 0.103. The number of carbonyl (C=O) groups excluding carboxylic acids is 1. The molecule has 0 fully saturated rings. The molecule has 3 aromatic rings. The molecule has 0 spiro atoms. The highest BCUT2D eigenvalue weighted by molar-refractivity contribution is 6.09. The highest BCUT2D eigenvalue weighted by Gasteiger charge is 2.09. The summed E-state index contributed by atoms with van der Waals surface area (Å²) in [5.74, 6) is 1.35. The Kier molecular flexibility index (Phi) is 5.50. The summed E-state index contributed by atoms with van der Waals surface area (Å²) in [6.45, 7) is 2.88.